The summed E-state index contributed by atoms with van der Waals surface area (Å²) in [6.07, 6.45) is 0.959. The van der Waals surface area contributed by atoms with Gasteiger partial charge in [0, 0.05) is 16.9 Å². The number of hydrogen-bond acceptors (Lipinski definition) is 6. The summed E-state index contributed by atoms with van der Waals surface area (Å²) in [4.78, 5) is 24.3. The molecule has 2 amide bonds. The zero-order valence-electron chi connectivity index (χ0n) is 16.6. The first kappa shape index (κ1) is 20.0. The Balaban J connectivity index is 1.64. The Labute approximate surface area is 168 Å². The van der Waals surface area contributed by atoms with Crippen molar-refractivity contribution >= 4 is 23.4 Å². The first-order valence-electron chi connectivity index (χ1n) is 8.97. The predicted octanol–water partition coefficient (Wildman–Crippen LogP) is 3.57. The number of ether oxygens (including phenoxy) is 1. The molecule has 0 bridgehead atoms. The van der Waals surface area contributed by atoms with Crippen LogP contribution in [0.2, 0.25) is 0 Å². The number of hydrogen-bond donors (Lipinski definition) is 2. The molecule has 150 valence electrons. The summed E-state index contributed by atoms with van der Waals surface area (Å²) in [7, 11) is 0. The van der Waals surface area contributed by atoms with Gasteiger partial charge in [-0.15, -0.1) is 5.10 Å². The quantitative estimate of drug-likeness (QED) is 0.700. The fraction of sp³-hybridized carbons (Fsp3) is 0.250. The number of aromatic nitrogens is 4. The molecule has 1 aromatic heterocycles. The topological polar surface area (TPSA) is 111 Å². The Kier molecular flexibility index (Phi) is 5.58. The number of nitrogens with zero attached hydrogens (tertiary/aromatic N) is 4. The van der Waals surface area contributed by atoms with Crippen LogP contribution in [0.1, 0.15) is 36.7 Å². The minimum absolute atomic E-state index is 0.261. The minimum Gasteiger partial charge on any atom is -0.444 e. The maximum Gasteiger partial charge on any atom is 0.412 e. The number of tetrazole rings is 1. The molecular formula is C20H22N6O3. The van der Waals surface area contributed by atoms with Crippen LogP contribution in [-0.2, 0) is 4.74 Å². The van der Waals surface area contributed by atoms with Gasteiger partial charge < -0.3 is 10.1 Å². The zero-order chi connectivity index (χ0) is 21.0. The lowest BCUT2D eigenvalue weighted by Crippen LogP contribution is -2.27. The summed E-state index contributed by atoms with van der Waals surface area (Å²) < 4.78 is 6.76. The highest BCUT2D eigenvalue weighted by Crippen LogP contribution is 2.19. The van der Waals surface area contributed by atoms with Crippen LogP contribution in [-0.4, -0.2) is 37.8 Å². The Morgan fingerprint density at radius 1 is 1.00 bits per heavy atom. The largest absolute Gasteiger partial charge is 0.444 e. The van der Waals surface area contributed by atoms with E-state index in [2.05, 4.69) is 26.2 Å². The molecule has 0 aliphatic carbocycles. The van der Waals surface area contributed by atoms with Gasteiger partial charge in [0.15, 0.2) is 0 Å². The fourth-order valence-electron chi connectivity index (χ4n) is 2.59. The third-order valence-electron chi connectivity index (χ3n) is 3.84. The van der Waals surface area contributed by atoms with E-state index in [4.69, 9.17) is 4.74 Å². The maximum absolute atomic E-state index is 12.5. The Hall–Kier alpha value is -3.75. The molecule has 0 fully saturated rings. The van der Waals surface area contributed by atoms with Crippen molar-refractivity contribution in [3.8, 4) is 5.69 Å². The SMILES string of the molecule is Cc1cc(NC(=O)c2ccc(NC(=O)OC(C)(C)C)cc2)ccc1-n1cnnn1. The van der Waals surface area contributed by atoms with E-state index in [1.165, 1.54) is 6.33 Å². The lowest BCUT2D eigenvalue weighted by molar-refractivity contribution is 0.0636. The van der Waals surface area contributed by atoms with Crippen LogP contribution in [0.5, 0.6) is 0 Å². The van der Waals surface area contributed by atoms with Crippen LogP contribution in [0, 0.1) is 6.92 Å². The molecule has 3 rings (SSSR count). The maximum atomic E-state index is 12.5. The molecule has 0 atom stereocenters. The van der Waals surface area contributed by atoms with Crippen LogP contribution in [0.4, 0.5) is 16.2 Å². The minimum atomic E-state index is -0.581. The van der Waals surface area contributed by atoms with E-state index >= 15 is 0 Å². The van der Waals surface area contributed by atoms with Gasteiger partial charge in [-0.05, 0) is 86.1 Å². The van der Waals surface area contributed by atoms with Gasteiger partial charge in [0.2, 0.25) is 0 Å². The fourth-order valence-corrected chi connectivity index (χ4v) is 2.59. The van der Waals surface area contributed by atoms with Gasteiger partial charge in [-0.2, -0.15) is 0 Å². The Morgan fingerprint density at radius 2 is 1.69 bits per heavy atom. The Bertz CT molecular complexity index is 1010. The van der Waals surface area contributed by atoms with Gasteiger partial charge in [0.1, 0.15) is 11.9 Å². The van der Waals surface area contributed by atoms with E-state index < -0.39 is 11.7 Å². The molecule has 1 heterocycles. The molecule has 2 N–H and O–H groups in total. The highest BCUT2D eigenvalue weighted by Gasteiger charge is 2.16. The Morgan fingerprint density at radius 3 is 2.28 bits per heavy atom. The van der Waals surface area contributed by atoms with Crippen LogP contribution < -0.4 is 10.6 Å². The summed E-state index contributed by atoms with van der Waals surface area (Å²) >= 11 is 0. The summed E-state index contributed by atoms with van der Waals surface area (Å²) in [5, 5.41) is 16.6. The lowest BCUT2D eigenvalue weighted by atomic mass is 10.1. The van der Waals surface area contributed by atoms with Gasteiger partial charge in [-0.25, -0.2) is 9.48 Å². The molecule has 3 aromatic rings. The van der Waals surface area contributed by atoms with Crippen molar-refractivity contribution in [1.82, 2.24) is 20.2 Å². The number of amides is 2. The third-order valence-corrected chi connectivity index (χ3v) is 3.84. The van der Waals surface area contributed by atoms with Gasteiger partial charge in [-0.1, -0.05) is 0 Å². The number of carbonyl (C=O) groups is 2. The number of carbonyl (C=O) groups excluding carboxylic acids is 2. The van der Waals surface area contributed by atoms with Gasteiger partial charge >= 0.3 is 6.09 Å². The lowest BCUT2D eigenvalue weighted by Gasteiger charge is -2.19. The van der Waals surface area contributed by atoms with E-state index in [0.717, 1.165) is 11.3 Å². The van der Waals surface area contributed by atoms with Crippen molar-refractivity contribution in [1.29, 1.82) is 0 Å². The number of nitrogens with one attached hydrogen (secondary N) is 2. The van der Waals surface area contributed by atoms with Gasteiger partial charge in [0.25, 0.3) is 5.91 Å². The molecule has 9 nitrogen and oxygen atoms in total. The summed E-state index contributed by atoms with van der Waals surface area (Å²) in [5.74, 6) is -0.261. The number of anilines is 2. The number of rotatable bonds is 4. The van der Waals surface area contributed by atoms with Crippen LogP contribution in [0.25, 0.3) is 5.69 Å². The van der Waals surface area contributed by atoms with Crippen molar-refractivity contribution in [2.75, 3.05) is 10.6 Å². The molecule has 0 unspecified atom stereocenters. The summed E-state index contributed by atoms with van der Waals surface area (Å²) in [6.45, 7) is 7.27. The second kappa shape index (κ2) is 8.09. The molecule has 0 saturated carbocycles. The molecule has 0 radical (unpaired) electrons. The van der Waals surface area contributed by atoms with E-state index in [1.807, 2.05) is 19.1 Å². The summed E-state index contributed by atoms with van der Waals surface area (Å²) in [5.41, 5.74) is 2.81. The van der Waals surface area contributed by atoms with E-state index in [-0.39, 0.29) is 5.91 Å². The second-order valence-corrected chi connectivity index (χ2v) is 7.41. The van der Waals surface area contributed by atoms with Crippen LogP contribution in [0.15, 0.2) is 48.8 Å². The molecule has 9 heteroatoms. The van der Waals surface area contributed by atoms with Gasteiger partial charge in [0.05, 0.1) is 5.69 Å². The van der Waals surface area contributed by atoms with Crippen molar-refractivity contribution in [2.24, 2.45) is 0 Å². The highest BCUT2D eigenvalue weighted by molar-refractivity contribution is 6.04. The zero-order valence-corrected chi connectivity index (χ0v) is 16.6. The average molecular weight is 394 g/mol. The molecule has 0 saturated heterocycles. The van der Waals surface area contributed by atoms with Gasteiger partial charge in [-0.3, -0.25) is 10.1 Å². The van der Waals surface area contributed by atoms with Crippen molar-refractivity contribution in [3.63, 3.8) is 0 Å². The van der Waals surface area contributed by atoms with Crippen LogP contribution in [0.3, 0.4) is 0 Å². The second-order valence-electron chi connectivity index (χ2n) is 7.41. The molecule has 0 aliphatic heterocycles. The third kappa shape index (κ3) is 5.38. The number of benzene rings is 2. The first-order valence-corrected chi connectivity index (χ1v) is 8.97. The van der Waals surface area contributed by atoms with Crippen molar-refractivity contribution in [2.45, 2.75) is 33.3 Å². The number of aryl methyl sites for hydroxylation is 1. The standard InChI is InChI=1S/C20H22N6O3/c1-13-11-16(9-10-17(13)26-12-21-24-25-26)22-18(27)14-5-7-15(8-6-14)23-19(28)29-20(2,3)4/h5-12H,1-4H3,(H,22,27)(H,23,28). The average Bonchev–Trinajstić information content (AvgIpc) is 3.15. The van der Waals surface area contributed by atoms with Crippen molar-refractivity contribution < 1.29 is 14.3 Å². The first-order chi connectivity index (χ1) is 13.7. The van der Waals surface area contributed by atoms with Crippen LogP contribution >= 0.6 is 0 Å². The molecule has 29 heavy (non-hydrogen) atoms. The van der Waals surface area contributed by atoms with Crippen molar-refractivity contribution in [3.05, 3.63) is 59.9 Å². The molecule has 2 aromatic carbocycles. The monoisotopic (exact) mass is 394 g/mol. The predicted molar refractivity (Wildman–Crippen MR) is 108 cm³/mol. The normalized spacial score (nSPS) is 11.0. The molecule has 0 spiro atoms. The molecule has 0 aliphatic rings. The smallest absolute Gasteiger partial charge is 0.412 e. The highest BCUT2D eigenvalue weighted by atomic mass is 16.6. The van der Waals surface area contributed by atoms with E-state index in [1.54, 1.807) is 55.8 Å². The summed E-state index contributed by atoms with van der Waals surface area (Å²) in [6, 6.07) is 12.0. The van der Waals surface area contributed by atoms with E-state index in [0.29, 0.717) is 16.9 Å². The van der Waals surface area contributed by atoms with E-state index in [9.17, 15) is 9.59 Å². The molecular weight excluding hydrogens is 372 g/mol.